The Morgan fingerprint density at radius 3 is 2.74 bits per heavy atom. The van der Waals surface area contributed by atoms with E-state index in [9.17, 15) is 0 Å². The molecule has 0 aromatic carbocycles. The summed E-state index contributed by atoms with van der Waals surface area (Å²) in [5, 5.41) is 9.57. The van der Waals surface area contributed by atoms with Crippen molar-refractivity contribution in [1.82, 2.24) is 15.0 Å². The zero-order valence-corrected chi connectivity index (χ0v) is 11.9. The van der Waals surface area contributed by atoms with E-state index in [0.29, 0.717) is 12.5 Å². The van der Waals surface area contributed by atoms with Gasteiger partial charge in [-0.1, -0.05) is 0 Å². The van der Waals surface area contributed by atoms with E-state index in [1.807, 2.05) is 25.5 Å². The molecule has 1 fully saturated rings. The number of nitrogens with zero attached hydrogens (tertiary/aromatic N) is 3. The van der Waals surface area contributed by atoms with E-state index in [4.69, 9.17) is 0 Å². The topological polar surface area (TPSA) is 62.7 Å². The van der Waals surface area contributed by atoms with Gasteiger partial charge in [-0.25, -0.2) is 15.0 Å². The lowest BCUT2D eigenvalue weighted by molar-refractivity contribution is 0.912. The molecule has 0 amide bonds. The van der Waals surface area contributed by atoms with Crippen LogP contribution in [-0.4, -0.2) is 22.0 Å². The fraction of sp³-hybridized carbons (Fsp3) is 0.462. The zero-order valence-electron chi connectivity index (χ0n) is 11.1. The number of aromatic nitrogens is 3. The predicted molar refractivity (Wildman–Crippen MR) is 77.7 cm³/mol. The van der Waals surface area contributed by atoms with Crippen molar-refractivity contribution < 1.29 is 0 Å². The molecule has 5 nitrogen and oxygen atoms in total. The van der Waals surface area contributed by atoms with E-state index >= 15 is 0 Å². The maximum atomic E-state index is 4.66. The summed E-state index contributed by atoms with van der Waals surface area (Å²) in [6, 6.07) is 0. The molecule has 2 heterocycles. The average Bonchev–Trinajstić information content (AvgIpc) is 3.14. The van der Waals surface area contributed by atoms with Gasteiger partial charge in [-0.2, -0.15) is 0 Å². The second-order valence-electron chi connectivity index (χ2n) is 4.71. The smallest absolute Gasteiger partial charge is 0.136 e. The molecule has 0 unspecified atom stereocenters. The van der Waals surface area contributed by atoms with E-state index in [1.54, 1.807) is 11.3 Å². The van der Waals surface area contributed by atoms with Gasteiger partial charge in [-0.3, -0.25) is 0 Å². The van der Waals surface area contributed by atoms with Crippen molar-refractivity contribution in [3.05, 3.63) is 28.0 Å². The molecule has 100 valence electrons. The molecule has 19 heavy (non-hydrogen) atoms. The molecule has 0 spiro atoms. The summed E-state index contributed by atoms with van der Waals surface area (Å²) in [6.07, 6.45) is 4.24. The molecule has 2 aromatic heterocycles. The highest BCUT2D eigenvalue weighted by Gasteiger charge is 2.28. The molecule has 0 bridgehead atoms. The van der Waals surface area contributed by atoms with Crippen molar-refractivity contribution in [2.24, 2.45) is 0 Å². The van der Waals surface area contributed by atoms with Crippen molar-refractivity contribution in [3.8, 4) is 0 Å². The van der Waals surface area contributed by atoms with Crippen LogP contribution < -0.4 is 10.6 Å². The number of thiazole rings is 1. The lowest BCUT2D eigenvalue weighted by atomic mass is 10.2. The maximum absolute atomic E-state index is 4.66. The van der Waals surface area contributed by atoms with Gasteiger partial charge in [0.2, 0.25) is 0 Å². The van der Waals surface area contributed by atoms with Gasteiger partial charge >= 0.3 is 0 Å². The van der Waals surface area contributed by atoms with E-state index in [1.165, 1.54) is 12.8 Å². The van der Waals surface area contributed by atoms with Gasteiger partial charge in [-0.15, -0.1) is 11.3 Å². The third kappa shape index (κ3) is 2.68. The largest absolute Gasteiger partial charge is 0.373 e. The Kier molecular flexibility index (Phi) is 3.33. The van der Waals surface area contributed by atoms with Crippen LogP contribution >= 0.6 is 11.3 Å². The summed E-state index contributed by atoms with van der Waals surface area (Å²) in [7, 11) is 1.90. The van der Waals surface area contributed by atoms with E-state index in [2.05, 4.69) is 25.6 Å². The molecule has 1 aliphatic rings. The van der Waals surface area contributed by atoms with E-state index in [-0.39, 0.29) is 0 Å². The van der Waals surface area contributed by atoms with Crippen molar-refractivity contribution in [1.29, 1.82) is 0 Å². The number of anilines is 2. The van der Waals surface area contributed by atoms with Crippen LogP contribution in [0.15, 0.2) is 11.6 Å². The Balaban J connectivity index is 1.83. The molecule has 1 aliphatic carbocycles. The highest BCUT2D eigenvalue weighted by atomic mass is 32.1. The van der Waals surface area contributed by atoms with Crippen LogP contribution in [0.2, 0.25) is 0 Å². The van der Waals surface area contributed by atoms with Crippen LogP contribution in [0.4, 0.5) is 11.6 Å². The summed E-state index contributed by atoms with van der Waals surface area (Å²) in [6.45, 7) is 2.75. The van der Waals surface area contributed by atoms with Gasteiger partial charge < -0.3 is 10.6 Å². The fourth-order valence-corrected chi connectivity index (χ4v) is 2.53. The SMILES string of the molecule is CNc1nc(C2CC2)nc(NCc2nccs2)c1C. The maximum Gasteiger partial charge on any atom is 0.136 e. The Labute approximate surface area is 116 Å². The second-order valence-corrected chi connectivity index (χ2v) is 5.69. The normalized spacial score (nSPS) is 14.4. The van der Waals surface area contributed by atoms with Crippen LogP contribution in [0, 0.1) is 6.92 Å². The predicted octanol–water partition coefficient (Wildman–Crippen LogP) is 2.77. The van der Waals surface area contributed by atoms with Crippen LogP contribution in [-0.2, 0) is 6.54 Å². The number of nitrogens with one attached hydrogen (secondary N) is 2. The highest BCUT2D eigenvalue weighted by molar-refractivity contribution is 7.09. The van der Waals surface area contributed by atoms with Gasteiger partial charge in [0.25, 0.3) is 0 Å². The van der Waals surface area contributed by atoms with Gasteiger partial charge in [0, 0.05) is 30.1 Å². The second kappa shape index (κ2) is 5.13. The number of hydrogen-bond acceptors (Lipinski definition) is 6. The summed E-state index contributed by atoms with van der Waals surface area (Å²) >= 11 is 1.65. The molecule has 0 atom stereocenters. The molecule has 6 heteroatoms. The molecule has 1 saturated carbocycles. The van der Waals surface area contributed by atoms with Crippen molar-refractivity contribution in [2.75, 3.05) is 17.7 Å². The Morgan fingerprint density at radius 2 is 2.11 bits per heavy atom. The third-order valence-corrected chi connectivity index (χ3v) is 4.01. The Hall–Kier alpha value is -1.69. The first kappa shape index (κ1) is 12.3. The molecular formula is C13H17N5S. The first-order valence-electron chi connectivity index (χ1n) is 6.46. The summed E-state index contributed by atoms with van der Waals surface area (Å²) < 4.78 is 0. The monoisotopic (exact) mass is 275 g/mol. The molecule has 0 saturated heterocycles. The quantitative estimate of drug-likeness (QED) is 0.878. The van der Waals surface area contributed by atoms with E-state index < -0.39 is 0 Å². The molecule has 2 N–H and O–H groups in total. The molecule has 0 radical (unpaired) electrons. The lowest BCUT2D eigenvalue weighted by Gasteiger charge is -2.12. The van der Waals surface area contributed by atoms with Crippen LogP contribution in [0.1, 0.15) is 35.2 Å². The summed E-state index contributed by atoms with van der Waals surface area (Å²) in [5.74, 6) is 3.33. The van der Waals surface area contributed by atoms with Gasteiger partial charge in [-0.05, 0) is 19.8 Å². The van der Waals surface area contributed by atoms with Crippen molar-refractivity contribution in [3.63, 3.8) is 0 Å². The first-order chi connectivity index (χ1) is 9.28. The Bertz CT molecular complexity index is 563. The van der Waals surface area contributed by atoms with Crippen LogP contribution in [0.25, 0.3) is 0 Å². The summed E-state index contributed by atoms with van der Waals surface area (Å²) in [4.78, 5) is 13.5. The van der Waals surface area contributed by atoms with Gasteiger partial charge in [0.1, 0.15) is 22.5 Å². The standard InChI is InChI=1S/C13H17N5S/c1-8-11(14-2)17-13(9-3-4-9)18-12(8)16-7-10-15-5-6-19-10/h5-6,9H,3-4,7H2,1-2H3,(H2,14,16,17,18). The van der Waals surface area contributed by atoms with Crippen LogP contribution in [0.3, 0.4) is 0 Å². The molecule has 2 aromatic rings. The minimum absolute atomic E-state index is 0.549. The minimum atomic E-state index is 0.549. The van der Waals surface area contributed by atoms with E-state index in [0.717, 1.165) is 28.0 Å². The van der Waals surface area contributed by atoms with Crippen molar-refractivity contribution in [2.45, 2.75) is 32.2 Å². The summed E-state index contributed by atoms with van der Waals surface area (Å²) in [5.41, 5.74) is 1.06. The molecule has 3 rings (SSSR count). The van der Waals surface area contributed by atoms with Crippen LogP contribution in [0.5, 0.6) is 0 Å². The number of hydrogen-bond donors (Lipinski definition) is 2. The number of rotatable bonds is 5. The molecular weight excluding hydrogens is 258 g/mol. The zero-order chi connectivity index (χ0) is 13.2. The average molecular weight is 275 g/mol. The van der Waals surface area contributed by atoms with Gasteiger partial charge in [0.15, 0.2) is 0 Å². The van der Waals surface area contributed by atoms with Gasteiger partial charge in [0.05, 0.1) is 6.54 Å². The Morgan fingerprint density at radius 1 is 1.32 bits per heavy atom. The van der Waals surface area contributed by atoms with Crippen molar-refractivity contribution >= 4 is 23.0 Å². The molecule has 0 aliphatic heterocycles. The first-order valence-corrected chi connectivity index (χ1v) is 7.34. The third-order valence-electron chi connectivity index (χ3n) is 3.23. The highest BCUT2D eigenvalue weighted by Crippen LogP contribution is 2.39. The minimum Gasteiger partial charge on any atom is -0.373 e. The fourth-order valence-electron chi connectivity index (χ4n) is 1.97. The lowest BCUT2D eigenvalue weighted by Crippen LogP contribution is -2.09.